The molecular formula is C16H16ClN5O. The van der Waals surface area contributed by atoms with Crippen molar-refractivity contribution < 1.29 is 4.79 Å². The van der Waals surface area contributed by atoms with Crippen molar-refractivity contribution in [3.8, 4) is 0 Å². The molecule has 3 aromatic rings. The molecule has 0 aliphatic carbocycles. The van der Waals surface area contributed by atoms with Crippen molar-refractivity contribution in [1.82, 2.24) is 19.6 Å². The van der Waals surface area contributed by atoms with E-state index in [1.807, 2.05) is 43.5 Å². The molecule has 118 valence electrons. The first-order valence-corrected chi connectivity index (χ1v) is 7.65. The molecule has 6 nitrogen and oxygen atoms in total. The lowest BCUT2D eigenvalue weighted by Crippen LogP contribution is -2.14. The van der Waals surface area contributed by atoms with Gasteiger partial charge in [-0.05, 0) is 12.5 Å². The third-order valence-electron chi connectivity index (χ3n) is 3.33. The van der Waals surface area contributed by atoms with Gasteiger partial charge < -0.3 is 5.32 Å². The first-order chi connectivity index (χ1) is 11.2. The molecule has 0 radical (unpaired) electrons. The molecule has 7 heteroatoms. The number of carbonyl (C=O) groups excluding carboxylic acids is 1. The molecule has 0 unspecified atom stereocenters. The van der Waals surface area contributed by atoms with Crippen molar-refractivity contribution in [1.29, 1.82) is 0 Å². The van der Waals surface area contributed by atoms with Crippen LogP contribution >= 0.6 is 11.6 Å². The summed E-state index contributed by atoms with van der Waals surface area (Å²) >= 11 is 6.03. The maximum absolute atomic E-state index is 12.2. The van der Waals surface area contributed by atoms with Crippen LogP contribution in [0, 0.1) is 0 Å². The highest BCUT2D eigenvalue weighted by atomic mass is 35.5. The molecule has 1 N–H and O–H groups in total. The van der Waals surface area contributed by atoms with Gasteiger partial charge in [0.05, 0.1) is 11.6 Å². The Morgan fingerprint density at radius 1 is 1.17 bits per heavy atom. The number of carbonyl (C=O) groups is 1. The van der Waals surface area contributed by atoms with Crippen molar-refractivity contribution in [2.24, 2.45) is 0 Å². The summed E-state index contributed by atoms with van der Waals surface area (Å²) in [4.78, 5) is 12.2. The van der Waals surface area contributed by atoms with Gasteiger partial charge in [-0.1, -0.05) is 41.9 Å². The molecule has 0 saturated carbocycles. The molecule has 2 heterocycles. The summed E-state index contributed by atoms with van der Waals surface area (Å²) in [5.74, 6) is 0.0974. The quantitative estimate of drug-likeness (QED) is 0.782. The molecule has 2 aromatic heterocycles. The summed E-state index contributed by atoms with van der Waals surface area (Å²) in [7, 11) is 0. The van der Waals surface area contributed by atoms with Gasteiger partial charge in [0.25, 0.3) is 5.91 Å². The van der Waals surface area contributed by atoms with Gasteiger partial charge in [-0.25, -0.2) is 0 Å². The molecule has 23 heavy (non-hydrogen) atoms. The van der Waals surface area contributed by atoms with E-state index in [2.05, 4.69) is 15.5 Å². The highest BCUT2D eigenvalue weighted by molar-refractivity contribution is 6.34. The SMILES string of the molecule is CCn1cc(Cl)c(C(=O)Nc2ccn(Cc3ccccc3)n2)n1. The highest BCUT2D eigenvalue weighted by Gasteiger charge is 2.16. The number of aryl methyl sites for hydroxylation is 1. The molecule has 0 bridgehead atoms. The van der Waals surface area contributed by atoms with Crippen molar-refractivity contribution in [2.75, 3.05) is 5.32 Å². The van der Waals surface area contributed by atoms with Crippen LogP contribution in [-0.2, 0) is 13.1 Å². The van der Waals surface area contributed by atoms with E-state index in [9.17, 15) is 4.79 Å². The van der Waals surface area contributed by atoms with Gasteiger partial charge >= 0.3 is 0 Å². The Morgan fingerprint density at radius 2 is 1.96 bits per heavy atom. The molecule has 1 amide bonds. The Balaban J connectivity index is 1.68. The lowest BCUT2D eigenvalue weighted by atomic mass is 10.2. The van der Waals surface area contributed by atoms with Crippen LogP contribution in [0.5, 0.6) is 0 Å². The molecule has 0 fully saturated rings. The molecule has 0 aliphatic heterocycles. The van der Waals surface area contributed by atoms with Crippen LogP contribution in [0.1, 0.15) is 23.0 Å². The number of aromatic nitrogens is 4. The Bertz CT molecular complexity index is 809. The van der Waals surface area contributed by atoms with Crippen molar-refractivity contribution >= 4 is 23.3 Å². The lowest BCUT2D eigenvalue weighted by Gasteiger charge is -2.02. The zero-order valence-electron chi connectivity index (χ0n) is 12.6. The van der Waals surface area contributed by atoms with E-state index >= 15 is 0 Å². The molecule has 0 atom stereocenters. The van der Waals surface area contributed by atoms with E-state index in [-0.39, 0.29) is 11.6 Å². The number of anilines is 1. The van der Waals surface area contributed by atoms with Crippen LogP contribution in [0.25, 0.3) is 0 Å². The average molecular weight is 330 g/mol. The van der Waals surface area contributed by atoms with Crippen LogP contribution < -0.4 is 5.32 Å². The van der Waals surface area contributed by atoms with E-state index in [1.165, 1.54) is 0 Å². The Labute approximate surface area is 138 Å². The second-order valence-electron chi connectivity index (χ2n) is 5.02. The fraction of sp³-hybridized carbons (Fsp3) is 0.188. The number of hydrogen-bond acceptors (Lipinski definition) is 3. The van der Waals surface area contributed by atoms with E-state index in [0.717, 1.165) is 5.56 Å². The standard InChI is InChI=1S/C16H16ClN5O/c1-2-21-11-13(17)15(20-21)16(23)18-14-8-9-22(19-14)10-12-6-4-3-5-7-12/h3-9,11H,2,10H2,1H3,(H,18,19,23). The second-order valence-corrected chi connectivity index (χ2v) is 5.43. The predicted molar refractivity (Wildman–Crippen MR) is 88.6 cm³/mol. The van der Waals surface area contributed by atoms with E-state index in [4.69, 9.17) is 11.6 Å². The van der Waals surface area contributed by atoms with Crippen molar-refractivity contribution in [2.45, 2.75) is 20.0 Å². The summed E-state index contributed by atoms with van der Waals surface area (Å²) in [5.41, 5.74) is 1.34. The maximum Gasteiger partial charge on any atom is 0.278 e. The average Bonchev–Trinajstić information content (AvgIpc) is 3.14. The van der Waals surface area contributed by atoms with Gasteiger partial charge in [0.15, 0.2) is 11.5 Å². The fourth-order valence-corrected chi connectivity index (χ4v) is 2.41. The van der Waals surface area contributed by atoms with Gasteiger partial charge in [0, 0.05) is 25.0 Å². The molecule has 0 aliphatic rings. The van der Waals surface area contributed by atoms with E-state index in [0.29, 0.717) is 23.9 Å². The molecule has 0 saturated heterocycles. The predicted octanol–water partition coefficient (Wildman–Crippen LogP) is 3.05. The van der Waals surface area contributed by atoms with Gasteiger partial charge in [0.2, 0.25) is 0 Å². The Morgan fingerprint density at radius 3 is 2.65 bits per heavy atom. The summed E-state index contributed by atoms with van der Waals surface area (Å²) in [6.07, 6.45) is 3.44. The molecule has 0 spiro atoms. The van der Waals surface area contributed by atoms with Crippen molar-refractivity contribution in [3.63, 3.8) is 0 Å². The number of nitrogens with one attached hydrogen (secondary N) is 1. The summed E-state index contributed by atoms with van der Waals surface area (Å²) in [6, 6.07) is 11.7. The number of nitrogens with zero attached hydrogens (tertiary/aromatic N) is 4. The molecule has 3 rings (SSSR count). The van der Waals surface area contributed by atoms with Crippen LogP contribution in [0.2, 0.25) is 5.02 Å². The van der Waals surface area contributed by atoms with Crippen molar-refractivity contribution in [3.05, 3.63) is 65.1 Å². The second kappa shape index (κ2) is 6.66. The van der Waals surface area contributed by atoms with Gasteiger partial charge in [0.1, 0.15) is 0 Å². The number of halogens is 1. The van der Waals surface area contributed by atoms with Gasteiger partial charge in [-0.3, -0.25) is 14.2 Å². The maximum atomic E-state index is 12.2. The third kappa shape index (κ3) is 3.60. The number of amides is 1. The van der Waals surface area contributed by atoms with Crippen LogP contribution in [0.4, 0.5) is 5.82 Å². The third-order valence-corrected chi connectivity index (χ3v) is 3.60. The zero-order chi connectivity index (χ0) is 16.2. The Kier molecular flexibility index (Phi) is 4.43. The first kappa shape index (κ1) is 15.3. The summed E-state index contributed by atoms with van der Waals surface area (Å²) in [5, 5.41) is 11.5. The molecule has 1 aromatic carbocycles. The largest absolute Gasteiger partial charge is 0.304 e. The normalized spacial score (nSPS) is 10.7. The number of rotatable bonds is 5. The highest BCUT2D eigenvalue weighted by Crippen LogP contribution is 2.15. The van der Waals surface area contributed by atoms with Crippen LogP contribution in [0.15, 0.2) is 48.8 Å². The Hall–Kier alpha value is -2.60. The fourth-order valence-electron chi connectivity index (χ4n) is 2.18. The summed E-state index contributed by atoms with van der Waals surface area (Å²) < 4.78 is 3.38. The zero-order valence-corrected chi connectivity index (χ0v) is 13.4. The van der Waals surface area contributed by atoms with E-state index in [1.54, 1.807) is 21.6 Å². The minimum Gasteiger partial charge on any atom is -0.304 e. The minimum atomic E-state index is -0.368. The first-order valence-electron chi connectivity index (χ1n) is 7.27. The van der Waals surface area contributed by atoms with Gasteiger partial charge in [-0.2, -0.15) is 10.2 Å². The van der Waals surface area contributed by atoms with Gasteiger partial charge in [-0.15, -0.1) is 0 Å². The van der Waals surface area contributed by atoms with E-state index < -0.39 is 0 Å². The smallest absolute Gasteiger partial charge is 0.278 e. The monoisotopic (exact) mass is 329 g/mol. The number of hydrogen-bond donors (Lipinski definition) is 1. The van der Waals surface area contributed by atoms with Crippen LogP contribution in [0.3, 0.4) is 0 Å². The molecular weight excluding hydrogens is 314 g/mol. The lowest BCUT2D eigenvalue weighted by molar-refractivity contribution is 0.102. The minimum absolute atomic E-state index is 0.200. The number of benzene rings is 1. The topological polar surface area (TPSA) is 64.7 Å². The van der Waals surface area contributed by atoms with Crippen LogP contribution in [-0.4, -0.2) is 25.5 Å². The summed E-state index contributed by atoms with van der Waals surface area (Å²) in [6.45, 7) is 3.22.